The first-order valence-electron chi connectivity index (χ1n) is 7.45. The van der Waals surface area contributed by atoms with Crippen molar-refractivity contribution in [1.82, 2.24) is 10.2 Å². The van der Waals surface area contributed by atoms with Gasteiger partial charge >= 0.3 is 0 Å². The smallest absolute Gasteiger partial charge is 0.242 e. The lowest BCUT2D eigenvalue weighted by Crippen LogP contribution is -2.55. The van der Waals surface area contributed by atoms with E-state index in [1.54, 1.807) is 4.90 Å². The fourth-order valence-electron chi connectivity index (χ4n) is 3.39. The minimum Gasteiger partial charge on any atom is -0.345 e. The molecule has 1 saturated heterocycles. The Hall–Kier alpha value is -1.55. The van der Waals surface area contributed by atoms with Crippen LogP contribution in [0.25, 0.3) is 0 Å². The van der Waals surface area contributed by atoms with Crippen LogP contribution in [0.15, 0.2) is 24.3 Å². The molecule has 5 heteroatoms. The third kappa shape index (κ3) is 3.21. The summed E-state index contributed by atoms with van der Waals surface area (Å²) in [6, 6.07) is 8.24. The summed E-state index contributed by atoms with van der Waals surface area (Å²) in [6.45, 7) is 0.360. The molecule has 0 aromatic heterocycles. The minimum atomic E-state index is -0.0495. The molecule has 1 heterocycles. The normalized spacial score (nSPS) is 26.6. The van der Waals surface area contributed by atoms with E-state index in [2.05, 4.69) is 11.4 Å². The maximum atomic E-state index is 11.9. The second-order valence-electron chi connectivity index (χ2n) is 5.86. The van der Waals surface area contributed by atoms with Crippen molar-refractivity contribution in [3.05, 3.63) is 34.9 Å². The quantitative estimate of drug-likeness (QED) is 0.911. The number of halogens is 1. The molecule has 1 aliphatic heterocycles. The number of nitrogens with zero attached hydrogens (tertiary/aromatic N) is 1. The van der Waals surface area contributed by atoms with Crippen LogP contribution in [0.5, 0.6) is 0 Å². The Morgan fingerprint density at radius 1 is 1.14 bits per heavy atom. The third-order valence-corrected chi connectivity index (χ3v) is 4.76. The van der Waals surface area contributed by atoms with Crippen molar-refractivity contribution in [2.24, 2.45) is 0 Å². The van der Waals surface area contributed by atoms with Crippen molar-refractivity contribution in [3.8, 4) is 0 Å². The lowest BCUT2D eigenvalue weighted by atomic mass is 9.81. The Bertz CT molecular complexity index is 553. The van der Waals surface area contributed by atoms with Gasteiger partial charge in [-0.25, -0.2) is 0 Å². The first kappa shape index (κ1) is 14.4. The summed E-state index contributed by atoms with van der Waals surface area (Å²) in [4.78, 5) is 25.2. The molecule has 0 unspecified atom stereocenters. The topological polar surface area (TPSA) is 49.4 Å². The molecule has 2 amide bonds. The Labute approximate surface area is 129 Å². The van der Waals surface area contributed by atoms with Gasteiger partial charge in [-0.1, -0.05) is 23.7 Å². The van der Waals surface area contributed by atoms with Gasteiger partial charge in [-0.2, -0.15) is 0 Å². The van der Waals surface area contributed by atoms with E-state index in [1.807, 2.05) is 18.2 Å². The molecule has 2 fully saturated rings. The van der Waals surface area contributed by atoms with Gasteiger partial charge in [0.1, 0.15) is 0 Å². The fourth-order valence-corrected chi connectivity index (χ4v) is 3.59. The number of nitrogens with one attached hydrogen (secondary N) is 1. The Balaban J connectivity index is 1.62. The molecule has 21 heavy (non-hydrogen) atoms. The molecule has 112 valence electrons. The zero-order valence-corrected chi connectivity index (χ0v) is 12.6. The van der Waals surface area contributed by atoms with Gasteiger partial charge in [-0.15, -0.1) is 0 Å². The summed E-state index contributed by atoms with van der Waals surface area (Å²) < 4.78 is 0. The highest BCUT2D eigenvalue weighted by Crippen LogP contribution is 2.35. The molecule has 0 radical (unpaired) electrons. The third-order valence-electron chi connectivity index (χ3n) is 4.53. The predicted molar refractivity (Wildman–Crippen MR) is 81.2 cm³/mol. The molecule has 3 rings (SSSR count). The van der Waals surface area contributed by atoms with Crippen LogP contribution in [0.4, 0.5) is 0 Å². The highest BCUT2D eigenvalue weighted by Gasteiger charge is 2.32. The molecule has 1 N–H and O–H groups in total. The van der Waals surface area contributed by atoms with Crippen LogP contribution in [0.1, 0.15) is 37.2 Å². The molecule has 4 nitrogen and oxygen atoms in total. The average Bonchev–Trinajstić information content (AvgIpc) is 2.50. The zero-order valence-electron chi connectivity index (χ0n) is 11.8. The number of hydrogen-bond acceptors (Lipinski definition) is 2. The van der Waals surface area contributed by atoms with Gasteiger partial charge in [-0.3, -0.25) is 9.59 Å². The van der Waals surface area contributed by atoms with Gasteiger partial charge in [0.2, 0.25) is 11.8 Å². The number of carbonyl (C=O) groups excluding carboxylic acids is 2. The van der Waals surface area contributed by atoms with Gasteiger partial charge in [0.05, 0.1) is 13.1 Å². The standard InChI is InChI=1S/C16H19ClN2O2/c17-13-3-1-2-12(8-13)11-4-6-14(7-5-11)19-10-15(20)18-9-16(19)21/h1-3,8,11,14H,4-7,9-10H2,(H,18,20). The summed E-state index contributed by atoms with van der Waals surface area (Å²) in [6.07, 6.45) is 3.99. The minimum absolute atomic E-state index is 0.0424. The first-order chi connectivity index (χ1) is 10.1. The molecule has 1 aliphatic carbocycles. The Morgan fingerprint density at radius 2 is 1.90 bits per heavy atom. The molecule has 1 saturated carbocycles. The van der Waals surface area contributed by atoms with E-state index in [1.165, 1.54) is 5.56 Å². The van der Waals surface area contributed by atoms with E-state index in [0.717, 1.165) is 30.7 Å². The van der Waals surface area contributed by atoms with Crippen LogP contribution in [0.3, 0.4) is 0 Å². The molecular weight excluding hydrogens is 288 g/mol. The molecule has 0 bridgehead atoms. The van der Waals surface area contributed by atoms with Crippen molar-refractivity contribution in [3.63, 3.8) is 0 Å². The molecule has 0 atom stereocenters. The second-order valence-corrected chi connectivity index (χ2v) is 6.30. The monoisotopic (exact) mass is 306 g/mol. The van der Waals surface area contributed by atoms with Crippen LogP contribution in [-0.2, 0) is 9.59 Å². The molecular formula is C16H19ClN2O2. The van der Waals surface area contributed by atoms with Gasteiger partial charge in [0.25, 0.3) is 0 Å². The highest BCUT2D eigenvalue weighted by atomic mass is 35.5. The lowest BCUT2D eigenvalue weighted by molar-refractivity contribution is -0.143. The van der Waals surface area contributed by atoms with Crippen molar-refractivity contribution >= 4 is 23.4 Å². The van der Waals surface area contributed by atoms with Crippen molar-refractivity contribution in [2.45, 2.75) is 37.6 Å². The zero-order chi connectivity index (χ0) is 14.8. The van der Waals surface area contributed by atoms with E-state index < -0.39 is 0 Å². The van der Waals surface area contributed by atoms with Crippen molar-refractivity contribution < 1.29 is 9.59 Å². The van der Waals surface area contributed by atoms with Crippen LogP contribution >= 0.6 is 11.6 Å². The van der Waals surface area contributed by atoms with Gasteiger partial charge in [0, 0.05) is 11.1 Å². The number of rotatable bonds is 2. The highest BCUT2D eigenvalue weighted by molar-refractivity contribution is 6.30. The van der Waals surface area contributed by atoms with E-state index in [9.17, 15) is 9.59 Å². The van der Waals surface area contributed by atoms with Crippen molar-refractivity contribution in [1.29, 1.82) is 0 Å². The largest absolute Gasteiger partial charge is 0.345 e. The number of hydrogen-bond donors (Lipinski definition) is 1. The van der Waals surface area contributed by atoms with Gasteiger partial charge in [-0.05, 0) is 49.3 Å². The predicted octanol–water partition coefficient (Wildman–Crippen LogP) is 2.32. The average molecular weight is 307 g/mol. The van der Waals surface area contributed by atoms with Crippen LogP contribution in [0, 0.1) is 0 Å². The van der Waals surface area contributed by atoms with Crippen molar-refractivity contribution in [2.75, 3.05) is 13.1 Å². The number of amides is 2. The first-order valence-corrected chi connectivity index (χ1v) is 7.83. The van der Waals surface area contributed by atoms with E-state index in [4.69, 9.17) is 11.6 Å². The summed E-state index contributed by atoms with van der Waals surface area (Å²) >= 11 is 6.05. The Morgan fingerprint density at radius 3 is 2.62 bits per heavy atom. The van der Waals surface area contributed by atoms with Gasteiger partial charge in [0.15, 0.2) is 0 Å². The molecule has 0 spiro atoms. The number of benzene rings is 1. The molecule has 1 aromatic carbocycles. The van der Waals surface area contributed by atoms with Crippen LogP contribution in [-0.4, -0.2) is 35.8 Å². The van der Waals surface area contributed by atoms with E-state index in [0.29, 0.717) is 5.92 Å². The lowest BCUT2D eigenvalue weighted by Gasteiger charge is -2.38. The Kier molecular flexibility index (Phi) is 4.15. The summed E-state index contributed by atoms with van der Waals surface area (Å²) in [5.41, 5.74) is 1.28. The molecule has 1 aromatic rings. The maximum Gasteiger partial charge on any atom is 0.242 e. The number of piperazine rings is 1. The SMILES string of the molecule is O=C1CN(C2CCC(c3cccc(Cl)c3)CC2)C(=O)CN1. The van der Waals surface area contributed by atoms with Gasteiger partial charge < -0.3 is 10.2 Å². The second kappa shape index (κ2) is 6.06. The fraction of sp³-hybridized carbons (Fsp3) is 0.500. The van der Waals surface area contributed by atoms with Crippen LogP contribution in [0.2, 0.25) is 5.02 Å². The summed E-state index contributed by atoms with van der Waals surface area (Å²) in [5.74, 6) is 0.501. The summed E-state index contributed by atoms with van der Waals surface area (Å²) in [5, 5.41) is 3.37. The van der Waals surface area contributed by atoms with Crippen LogP contribution < -0.4 is 5.32 Å². The number of carbonyl (C=O) groups is 2. The van der Waals surface area contributed by atoms with E-state index in [-0.39, 0.29) is 30.9 Å². The maximum absolute atomic E-state index is 11.9. The summed E-state index contributed by atoms with van der Waals surface area (Å²) in [7, 11) is 0. The molecule has 2 aliphatic rings. The van der Waals surface area contributed by atoms with E-state index >= 15 is 0 Å².